The van der Waals surface area contributed by atoms with E-state index in [4.69, 9.17) is 10.8 Å². The lowest BCUT2D eigenvalue weighted by atomic mass is 9.84. The summed E-state index contributed by atoms with van der Waals surface area (Å²) < 4.78 is 0. The molecule has 4 heteroatoms. The van der Waals surface area contributed by atoms with Crippen molar-refractivity contribution in [3.8, 4) is 0 Å². The van der Waals surface area contributed by atoms with Gasteiger partial charge in [-0.05, 0) is 44.9 Å². The Balaban J connectivity index is 1.90. The highest BCUT2D eigenvalue weighted by Gasteiger charge is 2.33. The normalized spacial score (nSPS) is 29.8. The van der Waals surface area contributed by atoms with Crippen LogP contribution in [0.3, 0.4) is 0 Å². The van der Waals surface area contributed by atoms with Gasteiger partial charge in [-0.1, -0.05) is 0 Å². The molecule has 0 unspecified atom stereocenters. The van der Waals surface area contributed by atoms with Crippen molar-refractivity contribution < 1.29 is 9.90 Å². The number of carbonyl (C=O) groups is 1. The highest BCUT2D eigenvalue weighted by Crippen LogP contribution is 2.30. The van der Waals surface area contributed by atoms with Crippen LogP contribution < -0.4 is 5.73 Å². The van der Waals surface area contributed by atoms with Crippen molar-refractivity contribution in [2.75, 3.05) is 13.2 Å². The van der Waals surface area contributed by atoms with Crippen molar-refractivity contribution in [1.29, 1.82) is 0 Å². The molecular formula is C13H24N2O2. The minimum atomic E-state index is 0.0779. The van der Waals surface area contributed by atoms with Gasteiger partial charge < -0.3 is 15.7 Å². The quantitative estimate of drug-likeness (QED) is 0.766. The van der Waals surface area contributed by atoms with Gasteiger partial charge in [0.2, 0.25) is 5.91 Å². The van der Waals surface area contributed by atoms with Crippen LogP contribution in [0.15, 0.2) is 0 Å². The lowest BCUT2D eigenvalue weighted by Gasteiger charge is -2.40. The Morgan fingerprint density at radius 1 is 1.18 bits per heavy atom. The van der Waals surface area contributed by atoms with Gasteiger partial charge in [-0.2, -0.15) is 0 Å². The van der Waals surface area contributed by atoms with Crippen molar-refractivity contribution in [3.63, 3.8) is 0 Å². The summed E-state index contributed by atoms with van der Waals surface area (Å²) in [6, 6.07) is 0.680. The number of aliphatic hydroxyl groups is 1. The van der Waals surface area contributed by atoms with Gasteiger partial charge in [-0.3, -0.25) is 4.79 Å². The van der Waals surface area contributed by atoms with Gasteiger partial charge in [0.05, 0.1) is 6.61 Å². The fraction of sp³-hybridized carbons (Fsp3) is 0.923. The molecule has 2 saturated carbocycles. The Labute approximate surface area is 103 Å². The number of nitrogens with two attached hydrogens (primary N) is 1. The predicted molar refractivity (Wildman–Crippen MR) is 66.4 cm³/mol. The van der Waals surface area contributed by atoms with Crippen LogP contribution in [0, 0.1) is 5.92 Å². The first kappa shape index (κ1) is 12.8. The summed E-state index contributed by atoms with van der Waals surface area (Å²) in [5.74, 6) is 0.414. The standard InChI is InChI=1S/C13H24N2O2/c14-11-6-4-10(5-7-11)13(17)15(8-9-16)12-2-1-3-12/h10-12,16H,1-9,14H2. The first-order valence-corrected chi connectivity index (χ1v) is 6.89. The summed E-state index contributed by atoms with van der Waals surface area (Å²) in [7, 11) is 0. The Morgan fingerprint density at radius 2 is 1.82 bits per heavy atom. The average Bonchev–Trinajstić information content (AvgIpc) is 2.26. The first-order chi connectivity index (χ1) is 8.22. The van der Waals surface area contributed by atoms with Crippen molar-refractivity contribution in [3.05, 3.63) is 0 Å². The van der Waals surface area contributed by atoms with Crippen LogP contribution in [0.1, 0.15) is 44.9 Å². The van der Waals surface area contributed by atoms with Crippen LogP contribution in [0.25, 0.3) is 0 Å². The second-order valence-corrected chi connectivity index (χ2v) is 5.45. The summed E-state index contributed by atoms with van der Waals surface area (Å²) >= 11 is 0. The van der Waals surface area contributed by atoms with Gasteiger partial charge >= 0.3 is 0 Å². The molecule has 98 valence electrons. The molecule has 2 rings (SSSR count). The molecule has 0 spiro atoms. The zero-order chi connectivity index (χ0) is 12.3. The fourth-order valence-electron chi connectivity index (χ4n) is 2.88. The molecule has 0 bridgehead atoms. The molecule has 0 aromatic heterocycles. The number of carbonyl (C=O) groups excluding carboxylic acids is 1. The Kier molecular flexibility index (Phi) is 4.40. The van der Waals surface area contributed by atoms with E-state index in [0.717, 1.165) is 38.5 Å². The summed E-state index contributed by atoms with van der Waals surface area (Å²) in [6.45, 7) is 0.584. The van der Waals surface area contributed by atoms with E-state index >= 15 is 0 Å². The average molecular weight is 240 g/mol. The first-order valence-electron chi connectivity index (χ1n) is 6.89. The summed E-state index contributed by atoms with van der Waals surface area (Å²) in [4.78, 5) is 14.3. The van der Waals surface area contributed by atoms with Crippen molar-refractivity contribution in [1.82, 2.24) is 4.90 Å². The molecule has 0 saturated heterocycles. The second-order valence-electron chi connectivity index (χ2n) is 5.45. The smallest absolute Gasteiger partial charge is 0.226 e. The maximum absolute atomic E-state index is 12.4. The molecule has 4 nitrogen and oxygen atoms in total. The molecule has 0 heterocycles. The molecular weight excluding hydrogens is 216 g/mol. The van der Waals surface area contributed by atoms with Crippen molar-refractivity contribution in [2.45, 2.75) is 57.0 Å². The number of amides is 1. The molecule has 0 atom stereocenters. The van der Waals surface area contributed by atoms with Gasteiger partial charge in [0, 0.05) is 24.5 Å². The van der Waals surface area contributed by atoms with Crippen LogP contribution >= 0.6 is 0 Å². The summed E-state index contributed by atoms with van der Waals surface area (Å²) in [6.07, 6.45) is 7.22. The molecule has 17 heavy (non-hydrogen) atoms. The minimum Gasteiger partial charge on any atom is -0.395 e. The highest BCUT2D eigenvalue weighted by molar-refractivity contribution is 5.79. The topological polar surface area (TPSA) is 66.6 Å². The molecule has 3 N–H and O–H groups in total. The number of hydrogen-bond donors (Lipinski definition) is 2. The van der Waals surface area contributed by atoms with Gasteiger partial charge in [0.15, 0.2) is 0 Å². The lowest BCUT2D eigenvalue weighted by Crippen LogP contribution is -2.49. The monoisotopic (exact) mass is 240 g/mol. The zero-order valence-corrected chi connectivity index (χ0v) is 10.5. The maximum Gasteiger partial charge on any atom is 0.226 e. The van der Waals surface area contributed by atoms with E-state index in [1.165, 1.54) is 6.42 Å². The van der Waals surface area contributed by atoms with Crippen LogP contribution in [-0.2, 0) is 4.79 Å². The fourth-order valence-corrected chi connectivity index (χ4v) is 2.88. The third-order valence-corrected chi connectivity index (χ3v) is 4.26. The third-order valence-electron chi connectivity index (χ3n) is 4.26. The van der Waals surface area contributed by atoms with E-state index in [1.54, 1.807) is 0 Å². The second kappa shape index (κ2) is 5.83. The lowest BCUT2D eigenvalue weighted by molar-refractivity contribution is -0.141. The number of hydrogen-bond acceptors (Lipinski definition) is 3. The Bertz CT molecular complexity index is 258. The largest absolute Gasteiger partial charge is 0.395 e. The van der Waals surface area contributed by atoms with E-state index in [0.29, 0.717) is 12.6 Å². The molecule has 0 aromatic rings. The molecule has 2 fully saturated rings. The number of aliphatic hydroxyl groups excluding tert-OH is 1. The van der Waals surface area contributed by atoms with Crippen LogP contribution in [0.4, 0.5) is 0 Å². The van der Waals surface area contributed by atoms with Crippen molar-refractivity contribution in [2.24, 2.45) is 11.7 Å². The van der Waals surface area contributed by atoms with E-state index in [-0.39, 0.29) is 24.5 Å². The third kappa shape index (κ3) is 2.99. The summed E-state index contributed by atoms with van der Waals surface area (Å²) in [5, 5.41) is 9.08. The van der Waals surface area contributed by atoms with Gasteiger partial charge in [-0.25, -0.2) is 0 Å². The number of nitrogens with zero attached hydrogens (tertiary/aromatic N) is 1. The van der Waals surface area contributed by atoms with Crippen LogP contribution in [-0.4, -0.2) is 41.1 Å². The van der Waals surface area contributed by atoms with Crippen LogP contribution in [0.2, 0.25) is 0 Å². The van der Waals surface area contributed by atoms with Crippen molar-refractivity contribution >= 4 is 5.91 Å². The van der Waals surface area contributed by atoms with E-state index in [1.807, 2.05) is 4.90 Å². The molecule has 2 aliphatic carbocycles. The maximum atomic E-state index is 12.4. The van der Waals surface area contributed by atoms with Gasteiger partial charge in [0.1, 0.15) is 0 Å². The molecule has 1 amide bonds. The Hall–Kier alpha value is -0.610. The molecule has 0 radical (unpaired) electrons. The van der Waals surface area contributed by atoms with Crippen LogP contribution in [0.5, 0.6) is 0 Å². The highest BCUT2D eigenvalue weighted by atomic mass is 16.3. The predicted octanol–water partition coefficient (Wildman–Crippen LogP) is 0.877. The molecule has 0 aromatic carbocycles. The minimum absolute atomic E-state index is 0.0779. The van der Waals surface area contributed by atoms with E-state index in [2.05, 4.69) is 0 Å². The van der Waals surface area contributed by atoms with E-state index in [9.17, 15) is 4.79 Å². The zero-order valence-electron chi connectivity index (χ0n) is 10.5. The van der Waals surface area contributed by atoms with E-state index < -0.39 is 0 Å². The number of rotatable bonds is 4. The summed E-state index contributed by atoms with van der Waals surface area (Å²) in [5.41, 5.74) is 5.86. The van der Waals surface area contributed by atoms with Gasteiger partial charge in [-0.15, -0.1) is 0 Å². The Morgan fingerprint density at radius 3 is 2.29 bits per heavy atom. The molecule has 0 aliphatic heterocycles. The van der Waals surface area contributed by atoms with Gasteiger partial charge in [0.25, 0.3) is 0 Å². The molecule has 2 aliphatic rings. The SMILES string of the molecule is NC1CCC(C(=O)N(CCO)C2CCC2)CC1.